The monoisotopic (exact) mass is 274 g/mol. The molecule has 8 heteroatoms. The van der Waals surface area contributed by atoms with Crippen LogP contribution in [0.3, 0.4) is 0 Å². The molecule has 0 bridgehead atoms. The minimum absolute atomic E-state index is 0.0665. The molecule has 1 atom stereocenters. The molecule has 0 aromatic carbocycles. The Bertz CT molecular complexity index is 643. The van der Waals surface area contributed by atoms with Crippen LogP contribution in [-0.4, -0.2) is 25.7 Å². The van der Waals surface area contributed by atoms with E-state index in [1.54, 1.807) is 11.6 Å². The predicted molar refractivity (Wildman–Crippen MR) is 62.7 cm³/mol. The van der Waals surface area contributed by atoms with Crippen molar-refractivity contribution in [3.8, 4) is 0 Å². The van der Waals surface area contributed by atoms with Gasteiger partial charge in [-0.25, -0.2) is 9.97 Å². The average Bonchev–Trinajstić information content (AvgIpc) is 2.67. The summed E-state index contributed by atoms with van der Waals surface area (Å²) in [7, 11) is 1.67. The standard InChI is InChI=1S/C11H13F3N4O/c1-6(11(12,13)14)3-4-7-16-9-8(10(19)17-7)15-5-18(9)2/h5-6H,3-4H2,1-2H3,(H,16,17,19). The molecule has 1 unspecified atom stereocenters. The number of aromatic nitrogens is 4. The Hall–Kier alpha value is -1.86. The van der Waals surface area contributed by atoms with Crippen LogP contribution < -0.4 is 5.56 Å². The Labute approximate surface area is 106 Å². The van der Waals surface area contributed by atoms with E-state index in [2.05, 4.69) is 15.0 Å². The lowest BCUT2D eigenvalue weighted by atomic mass is 10.1. The Morgan fingerprint density at radius 1 is 1.47 bits per heavy atom. The summed E-state index contributed by atoms with van der Waals surface area (Å²) >= 11 is 0. The van der Waals surface area contributed by atoms with E-state index in [4.69, 9.17) is 0 Å². The predicted octanol–water partition coefficient (Wildman–Crippen LogP) is 1.79. The summed E-state index contributed by atoms with van der Waals surface area (Å²) in [6.07, 6.45) is -2.83. The van der Waals surface area contributed by atoms with Gasteiger partial charge < -0.3 is 9.55 Å². The van der Waals surface area contributed by atoms with E-state index in [0.29, 0.717) is 5.65 Å². The van der Waals surface area contributed by atoms with Gasteiger partial charge in [0.15, 0.2) is 11.2 Å². The molecule has 19 heavy (non-hydrogen) atoms. The Morgan fingerprint density at radius 2 is 2.16 bits per heavy atom. The van der Waals surface area contributed by atoms with Crippen molar-refractivity contribution in [2.45, 2.75) is 25.9 Å². The highest BCUT2D eigenvalue weighted by molar-refractivity contribution is 5.68. The first-order valence-corrected chi connectivity index (χ1v) is 5.76. The molecule has 0 amide bonds. The van der Waals surface area contributed by atoms with Crippen molar-refractivity contribution in [1.29, 1.82) is 0 Å². The smallest absolute Gasteiger partial charge is 0.318 e. The number of imidazole rings is 1. The number of halogens is 3. The molecular formula is C11H13F3N4O. The molecule has 2 heterocycles. The number of aryl methyl sites for hydroxylation is 2. The van der Waals surface area contributed by atoms with Crippen molar-refractivity contribution >= 4 is 11.2 Å². The Kier molecular flexibility index (Phi) is 3.34. The van der Waals surface area contributed by atoms with Crippen LogP contribution in [0.25, 0.3) is 11.2 Å². The van der Waals surface area contributed by atoms with E-state index in [1.165, 1.54) is 6.33 Å². The first kappa shape index (κ1) is 13.6. The van der Waals surface area contributed by atoms with E-state index in [0.717, 1.165) is 6.92 Å². The lowest BCUT2D eigenvalue weighted by Gasteiger charge is -2.14. The average molecular weight is 274 g/mol. The van der Waals surface area contributed by atoms with Crippen molar-refractivity contribution in [3.05, 3.63) is 22.5 Å². The molecule has 104 valence electrons. The minimum atomic E-state index is -4.23. The summed E-state index contributed by atoms with van der Waals surface area (Å²) in [6, 6.07) is 0. The number of hydrogen-bond acceptors (Lipinski definition) is 3. The maximum atomic E-state index is 12.4. The maximum Gasteiger partial charge on any atom is 0.391 e. The third-order valence-corrected chi connectivity index (χ3v) is 2.99. The van der Waals surface area contributed by atoms with Gasteiger partial charge in [0.25, 0.3) is 5.56 Å². The summed E-state index contributed by atoms with van der Waals surface area (Å²) in [4.78, 5) is 22.1. The molecule has 0 aliphatic carbocycles. The van der Waals surface area contributed by atoms with E-state index in [1.807, 2.05) is 0 Å². The van der Waals surface area contributed by atoms with Gasteiger partial charge in [-0.15, -0.1) is 0 Å². The molecule has 0 saturated heterocycles. The second-order valence-corrected chi connectivity index (χ2v) is 4.52. The number of alkyl halides is 3. The number of nitrogens with zero attached hydrogens (tertiary/aromatic N) is 3. The number of rotatable bonds is 3. The van der Waals surface area contributed by atoms with Crippen molar-refractivity contribution in [2.75, 3.05) is 0 Å². The number of H-pyrrole nitrogens is 1. The zero-order chi connectivity index (χ0) is 14.2. The largest absolute Gasteiger partial charge is 0.391 e. The highest BCUT2D eigenvalue weighted by Crippen LogP contribution is 2.28. The highest BCUT2D eigenvalue weighted by atomic mass is 19.4. The van der Waals surface area contributed by atoms with Crippen LogP contribution >= 0.6 is 0 Å². The maximum absolute atomic E-state index is 12.4. The second kappa shape index (κ2) is 4.67. The van der Waals surface area contributed by atoms with Crippen molar-refractivity contribution in [2.24, 2.45) is 13.0 Å². The minimum Gasteiger partial charge on any atom is -0.318 e. The van der Waals surface area contributed by atoms with Crippen LogP contribution in [0, 0.1) is 5.92 Å². The van der Waals surface area contributed by atoms with E-state index in [-0.39, 0.29) is 24.2 Å². The van der Waals surface area contributed by atoms with Gasteiger partial charge in [-0.3, -0.25) is 4.79 Å². The molecule has 0 radical (unpaired) electrons. The number of nitrogens with one attached hydrogen (secondary N) is 1. The first-order valence-electron chi connectivity index (χ1n) is 5.76. The van der Waals surface area contributed by atoms with E-state index in [9.17, 15) is 18.0 Å². The summed E-state index contributed by atoms with van der Waals surface area (Å²) in [5.74, 6) is -1.18. The van der Waals surface area contributed by atoms with Crippen LogP contribution in [0.4, 0.5) is 13.2 Å². The molecule has 2 aromatic rings. The van der Waals surface area contributed by atoms with Crippen LogP contribution in [0.5, 0.6) is 0 Å². The Balaban J connectivity index is 2.22. The topological polar surface area (TPSA) is 63.6 Å². The van der Waals surface area contributed by atoms with Gasteiger partial charge >= 0.3 is 6.18 Å². The van der Waals surface area contributed by atoms with Crippen LogP contribution in [0.15, 0.2) is 11.1 Å². The fraction of sp³-hybridized carbons (Fsp3) is 0.545. The van der Waals surface area contributed by atoms with Gasteiger partial charge in [0.2, 0.25) is 0 Å². The van der Waals surface area contributed by atoms with Gasteiger partial charge in [-0.1, -0.05) is 6.92 Å². The molecule has 5 nitrogen and oxygen atoms in total. The lowest BCUT2D eigenvalue weighted by molar-refractivity contribution is -0.171. The zero-order valence-electron chi connectivity index (χ0n) is 10.5. The van der Waals surface area contributed by atoms with Gasteiger partial charge in [0.1, 0.15) is 5.82 Å². The zero-order valence-corrected chi connectivity index (χ0v) is 10.5. The van der Waals surface area contributed by atoms with Crippen molar-refractivity contribution in [3.63, 3.8) is 0 Å². The van der Waals surface area contributed by atoms with Crippen LogP contribution in [0.2, 0.25) is 0 Å². The summed E-state index contributed by atoms with van der Waals surface area (Å²) in [5.41, 5.74) is 0.133. The Morgan fingerprint density at radius 3 is 2.79 bits per heavy atom. The summed E-state index contributed by atoms with van der Waals surface area (Å²) in [5, 5.41) is 0. The number of aromatic amines is 1. The molecular weight excluding hydrogens is 261 g/mol. The molecule has 1 N–H and O–H groups in total. The second-order valence-electron chi connectivity index (χ2n) is 4.52. The van der Waals surface area contributed by atoms with Gasteiger partial charge in [-0.05, 0) is 6.42 Å². The first-order chi connectivity index (χ1) is 8.79. The normalized spacial score (nSPS) is 13.9. The third-order valence-electron chi connectivity index (χ3n) is 2.99. The number of hydrogen-bond donors (Lipinski definition) is 1. The van der Waals surface area contributed by atoms with Gasteiger partial charge in [-0.2, -0.15) is 13.2 Å². The molecule has 0 fully saturated rings. The highest BCUT2D eigenvalue weighted by Gasteiger charge is 2.35. The SMILES string of the molecule is CC(CCc1nc2c(ncn2C)c(=O)[nH]1)C(F)(F)F. The lowest BCUT2D eigenvalue weighted by Crippen LogP contribution is -2.21. The summed E-state index contributed by atoms with van der Waals surface area (Å²) in [6.45, 7) is 1.11. The fourth-order valence-electron chi connectivity index (χ4n) is 1.70. The molecule has 0 saturated carbocycles. The van der Waals surface area contributed by atoms with Crippen LogP contribution in [0.1, 0.15) is 19.2 Å². The van der Waals surface area contributed by atoms with Gasteiger partial charge in [0, 0.05) is 13.5 Å². The molecule has 2 rings (SSSR count). The fourth-order valence-corrected chi connectivity index (χ4v) is 1.70. The van der Waals surface area contributed by atoms with Crippen molar-refractivity contribution < 1.29 is 13.2 Å². The molecule has 0 aliphatic heterocycles. The van der Waals surface area contributed by atoms with Crippen LogP contribution in [-0.2, 0) is 13.5 Å². The third kappa shape index (κ3) is 2.77. The van der Waals surface area contributed by atoms with Gasteiger partial charge in [0.05, 0.1) is 12.2 Å². The number of fused-ring (bicyclic) bond motifs is 1. The van der Waals surface area contributed by atoms with E-state index >= 15 is 0 Å². The molecule has 2 aromatic heterocycles. The molecule has 0 aliphatic rings. The molecule has 0 spiro atoms. The summed E-state index contributed by atoms with van der Waals surface area (Å²) < 4.78 is 38.7. The quantitative estimate of drug-likeness (QED) is 0.928. The van der Waals surface area contributed by atoms with Crippen molar-refractivity contribution in [1.82, 2.24) is 19.5 Å². The van der Waals surface area contributed by atoms with E-state index < -0.39 is 17.7 Å².